The summed E-state index contributed by atoms with van der Waals surface area (Å²) in [7, 11) is 1.60. The van der Waals surface area contributed by atoms with Gasteiger partial charge in [-0.2, -0.15) is 5.10 Å². The summed E-state index contributed by atoms with van der Waals surface area (Å²) in [6, 6.07) is 7.54. The highest BCUT2D eigenvalue weighted by atomic mass is 16.5. The van der Waals surface area contributed by atoms with E-state index in [9.17, 15) is 14.4 Å². The van der Waals surface area contributed by atoms with Crippen LogP contribution in [-0.4, -0.2) is 57.3 Å². The number of rotatable bonds is 6. The monoisotopic (exact) mass is 441 g/mol. The van der Waals surface area contributed by atoms with Crippen molar-refractivity contribution < 1.29 is 14.3 Å². The van der Waals surface area contributed by atoms with Crippen molar-refractivity contribution in [2.45, 2.75) is 64.1 Å². The largest absolute Gasteiger partial charge is 0.496 e. The molecule has 172 valence electrons. The van der Waals surface area contributed by atoms with Crippen molar-refractivity contribution in [2.75, 3.05) is 20.2 Å². The number of aromatic nitrogens is 3. The van der Waals surface area contributed by atoms with Gasteiger partial charge in [0.1, 0.15) is 18.1 Å². The molecule has 2 aliphatic rings. The molecular weight excluding hydrogens is 410 g/mol. The molecule has 1 aromatic heterocycles. The van der Waals surface area contributed by atoms with Crippen LogP contribution in [0.25, 0.3) is 0 Å². The van der Waals surface area contributed by atoms with E-state index in [0.29, 0.717) is 38.9 Å². The Labute approximate surface area is 187 Å². The van der Waals surface area contributed by atoms with Gasteiger partial charge in [-0.1, -0.05) is 24.6 Å². The number of ether oxygens (including phenoxy) is 1. The smallest absolute Gasteiger partial charge is 0.346 e. The summed E-state index contributed by atoms with van der Waals surface area (Å²) < 4.78 is 8.32. The number of piperidine rings is 1. The Morgan fingerprint density at radius 1 is 1.12 bits per heavy atom. The van der Waals surface area contributed by atoms with E-state index in [1.165, 1.54) is 4.68 Å². The zero-order chi connectivity index (χ0) is 22.5. The molecule has 0 bridgehead atoms. The van der Waals surface area contributed by atoms with Crippen LogP contribution in [0.15, 0.2) is 29.1 Å². The average Bonchev–Trinajstić information content (AvgIpc) is 2.95. The highest BCUT2D eigenvalue weighted by Crippen LogP contribution is 2.20. The third-order valence-corrected chi connectivity index (χ3v) is 6.32. The van der Waals surface area contributed by atoms with E-state index < -0.39 is 0 Å². The van der Waals surface area contributed by atoms with Crippen LogP contribution in [0.5, 0.6) is 5.75 Å². The molecule has 0 aliphatic carbocycles. The molecule has 0 radical (unpaired) electrons. The van der Waals surface area contributed by atoms with Crippen molar-refractivity contribution in [2.24, 2.45) is 0 Å². The quantitative estimate of drug-likeness (QED) is 0.725. The molecule has 0 spiro atoms. The maximum atomic E-state index is 12.7. The summed E-state index contributed by atoms with van der Waals surface area (Å²) in [4.78, 5) is 39.6. The minimum absolute atomic E-state index is 0.00560. The number of likely N-dealkylation sites (tertiary alicyclic amines) is 1. The molecule has 2 amide bonds. The zero-order valence-corrected chi connectivity index (χ0v) is 18.6. The molecular formula is C23H31N5O4. The first kappa shape index (κ1) is 22.1. The van der Waals surface area contributed by atoms with Crippen LogP contribution in [-0.2, 0) is 35.5 Å². The Balaban J connectivity index is 1.26. The van der Waals surface area contributed by atoms with E-state index in [2.05, 4.69) is 10.4 Å². The van der Waals surface area contributed by atoms with E-state index in [1.807, 2.05) is 29.2 Å². The van der Waals surface area contributed by atoms with Crippen molar-refractivity contribution in [3.05, 3.63) is 46.1 Å². The van der Waals surface area contributed by atoms with Crippen molar-refractivity contribution in [1.82, 2.24) is 24.6 Å². The summed E-state index contributed by atoms with van der Waals surface area (Å²) in [6.45, 7) is 1.80. The van der Waals surface area contributed by atoms with E-state index in [-0.39, 0.29) is 30.1 Å². The minimum atomic E-state index is -0.209. The van der Waals surface area contributed by atoms with Gasteiger partial charge >= 0.3 is 5.69 Å². The molecule has 1 N–H and O–H groups in total. The number of benzene rings is 1. The highest BCUT2D eigenvalue weighted by molar-refractivity contribution is 5.80. The van der Waals surface area contributed by atoms with Crippen LogP contribution >= 0.6 is 0 Å². The van der Waals surface area contributed by atoms with E-state index >= 15 is 0 Å². The Bertz CT molecular complexity index is 1020. The second kappa shape index (κ2) is 10.0. The normalized spacial score (nSPS) is 16.8. The van der Waals surface area contributed by atoms with Gasteiger partial charge in [0.05, 0.1) is 13.5 Å². The van der Waals surface area contributed by atoms with Crippen LogP contribution in [0.4, 0.5) is 0 Å². The molecule has 9 heteroatoms. The Morgan fingerprint density at radius 2 is 1.91 bits per heavy atom. The number of methoxy groups -OCH3 is 1. The van der Waals surface area contributed by atoms with Crippen molar-refractivity contribution >= 4 is 11.8 Å². The van der Waals surface area contributed by atoms with Crippen LogP contribution in [0.2, 0.25) is 0 Å². The number of amides is 2. The molecule has 1 saturated heterocycles. The first-order valence-corrected chi connectivity index (χ1v) is 11.4. The number of hydrogen-bond donors (Lipinski definition) is 1. The summed E-state index contributed by atoms with van der Waals surface area (Å²) in [5.41, 5.74) is 0.674. The molecule has 0 saturated carbocycles. The number of nitrogens with zero attached hydrogens (tertiary/aromatic N) is 4. The lowest BCUT2D eigenvalue weighted by molar-refractivity contribution is -0.131. The molecule has 0 atom stereocenters. The summed E-state index contributed by atoms with van der Waals surface area (Å²) in [5, 5.41) is 7.38. The SMILES string of the molecule is COc1ccccc1CC(=O)N1CCC(NC(=O)Cn2nc3n(c2=O)CCCCC3)CC1. The number of fused-ring (bicyclic) bond motifs is 1. The van der Waals surface area contributed by atoms with Gasteiger partial charge in [0.15, 0.2) is 0 Å². The Hall–Kier alpha value is -3.10. The molecule has 3 heterocycles. The standard InChI is InChI=1S/C23H31N5O4/c1-32-19-8-5-4-7-17(19)15-22(30)26-13-10-18(11-14-26)24-21(29)16-28-23(31)27-12-6-2-3-9-20(27)25-28/h4-5,7-8,18H,2-3,6,9-16H2,1H3,(H,24,29). The molecule has 2 aromatic rings. The van der Waals surface area contributed by atoms with E-state index in [1.54, 1.807) is 11.7 Å². The average molecular weight is 442 g/mol. The number of hydrogen-bond acceptors (Lipinski definition) is 5. The van der Waals surface area contributed by atoms with Crippen LogP contribution < -0.4 is 15.7 Å². The maximum absolute atomic E-state index is 12.7. The molecule has 32 heavy (non-hydrogen) atoms. The molecule has 9 nitrogen and oxygen atoms in total. The lowest BCUT2D eigenvalue weighted by Crippen LogP contribution is -2.48. The minimum Gasteiger partial charge on any atom is -0.496 e. The lowest BCUT2D eigenvalue weighted by Gasteiger charge is -2.32. The molecule has 0 unspecified atom stereocenters. The second-order valence-corrected chi connectivity index (χ2v) is 8.53. The van der Waals surface area contributed by atoms with Crippen molar-refractivity contribution in [3.63, 3.8) is 0 Å². The number of para-hydroxylation sites is 1. The summed E-state index contributed by atoms with van der Waals surface area (Å²) >= 11 is 0. The summed E-state index contributed by atoms with van der Waals surface area (Å²) in [6.07, 6.45) is 5.57. The topological polar surface area (TPSA) is 98.5 Å². The third kappa shape index (κ3) is 5.03. The van der Waals surface area contributed by atoms with Gasteiger partial charge in [0.2, 0.25) is 11.8 Å². The molecule has 4 rings (SSSR count). The fraction of sp³-hybridized carbons (Fsp3) is 0.565. The number of aryl methyl sites for hydroxylation is 1. The van der Waals surface area contributed by atoms with Crippen LogP contribution in [0.3, 0.4) is 0 Å². The van der Waals surface area contributed by atoms with Gasteiger partial charge in [0, 0.05) is 37.7 Å². The van der Waals surface area contributed by atoms with Gasteiger partial charge in [-0.15, -0.1) is 0 Å². The van der Waals surface area contributed by atoms with Gasteiger partial charge in [-0.05, 0) is 31.7 Å². The van der Waals surface area contributed by atoms with Gasteiger partial charge < -0.3 is 15.0 Å². The molecule has 2 aliphatic heterocycles. The Morgan fingerprint density at radius 3 is 2.69 bits per heavy atom. The van der Waals surface area contributed by atoms with Gasteiger partial charge in [-0.25, -0.2) is 9.48 Å². The second-order valence-electron chi connectivity index (χ2n) is 8.53. The summed E-state index contributed by atoms with van der Waals surface area (Å²) in [5.74, 6) is 1.35. The zero-order valence-electron chi connectivity index (χ0n) is 18.6. The van der Waals surface area contributed by atoms with Gasteiger partial charge in [-0.3, -0.25) is 14.2 Å². The van der Waals surface area contributed by atoms with Crippen LogP contribution in [0.1, 0.15) is 43.5 Å². The van der Waals surface area contributed by atoms with E-state index in [0.717, 1.165) is 42.8 Å². The Kier molecular flexibility index (Phi) is 6.92. The number of nitrogens with one attached hydrogen (secondary N) is 1. The first-order valence-electron chi connectivity index (χ1n) is 11.4. The van der Waals surface area contributed by atoms with Crippen molar-refractivity contribution in [3.8, 4) is 5.75 Å². The molecule has 1 aromatic carbocycles. The number of carbonyl (C=O) groups is 2. The fourth-order valence-electron chi connectivity index (χ4n) is 4.53. The molecule has 1 fully saturated rings. The van der Waals surface area contributed by atoms with Crippen LogP contribution in [0, 0.1) is 0 Å². The first-order chi connectivity index (χ1) is 15.5. The predicted molar refractivity (Wildman–Crippen MR) is 118 cm³/mol. The maximum Gasteiger partial charge on any atom is 0.346 e. The van der Waals surface area contributed by atoms with E-state index in [4.69, 9.17) is 4.74 Å². The van der Waals surface area contributed by atoms with Crippen molar-refractivity contribution in [1.29, 1.82) is 0 Å². The van der Waals surface area contributed by atoms with Gasteiger partial charge in [0.25, 0.3) is 0 Å². The number of carbonyl (C=O) groups excluding carboxylic acids is 2. The lowest BCUT2D eigenvalue weighted by atomic mass is 10.0. The predicted octanol–water partition coefficient (Wildman–Crippen LogP) is 1.13. The third-order valence-electron chi connectivity index (χ3n) is 6.32. The fourth-order valence-corrected chi connectivity index (χ4v) is 4.53. The highest BCUT2D eigenvalue weighted by Gasteiger charge is 2.25.